The van der Waals surface area contributed by atoms with Crippen LogP contribution in [-0.2, 0) is 12.7 Å². The summed E-state index contributed by atoms with van der Waals surface area (Å²) in [6, 6.07) is 21.7. The van der Waals surface area contributed by atoms with Crippen LogP contribution in [0.4, 0.5) is 13.2 Å². The van der Waals surface area contributed by atoms with Crippen LogP contribution in [0, 0.1) is 25.2 Å². The van der Waals surface area contributed by atoms with Gasteiger partial charge in [0.15, 0.2) is 0 Å². The van der Waals surface area contributed by atoms with E-state index in [0.29, 0.717) is 23.7 Å². The van der Waals surface area contributed by atoms with Gasteiger partial charge in [0.1, 0.15) is 28.9 Å². The first-order valence-electron chi connectivity index (χ1n) is 13.9. The van der Waals surface area contributed by atoms with Crippen LogP contribution in [0.25, 0.3) is 11.3 Å². The monoisotopic (exact) mass is 574 g/mol. The van der Waals surface area contributed by atoms with E-state index in [1.807, 2.05) is 44.2 Å². The van der Waals surface area contributed by atoms with Crippen LogP contribution in [0.2, 0.25) is 0 Å². The van der Waals surface area contributed by atoms with Crippen molar-refractivity contribution in [3.63, 3.8) is 0 Å². The zero-order chi connectivity index (χ0) is 30.3. The molecule has 0 bridgehead atoms. The van der Waals surface area contributed by atoms with Crippen molar-refractivity contribution in [1.82, 2.24) is 4.57 Å². The number of benzene rings is 3. The summed E-state index contributed by atoms with van der Waals surface area (Å²) in [4.78, 5) is 13.3. The average Bonchev–Trinajstić information content (AvgIpc) is 2.96. The highest BCUT2D eigenvalue weighted by Gasteiger charge is 2.36. The molecule has 3 aromatic carbocycles. The molecule has 0 saturated heterocycles. The van der Waals surface area contributed by atoms with E-state index < -0.39 is 22.9 Å². The maximum Gasteiger partial charge on any atom is 0.417 e. The lowest BCUT2D eigenvalue weighted by atomic mass is 10.0. The maximum atomic E-state index is 13.9. The van der Waals surface area contributed by atoms with Gasteiger partial charge in [-0.25, -0.2) is 0 Å². The molecule has 42 heavy (non-hydrogen) atoms. The molecule has 0 radical (unpaired) electrons. The number of aromatic nitrogens is 1. The van der Waals surface area contributed by atoms with Gasteiger partial charge in [-0.1, -0.05) is 49.9 Å². The van der Waals surface area contributed by atoms with E-state index in [-0.39, 0.29) is 12.2 Å². The van der Waals surface area contributed by atoms with Gasteiger partial charge in [0.05, 0.1) is 24.4 Å². The summed E-state index contributed by atoms with van der Waals surface area (Å²) in [6.07, 6.45) is -0.377. The fourth-order valence-electron chi connectivity index (χ4n) is 4.72. The minimum Gasteiger partial charge on any atom is -0.494 e. The Morgan fingerprint density at radius 3 is 2.10 bits per heavy atom. The molecular formula is C34H33F3N2O3. The van der Waals surface area contributed by atoms with Crippen molar-refractivity contribution in [2.75, 3.05) is 6.61 Å². The molecule has 0 atom stereocenters. The largest absolute Gasteiger partial charge is 0.494 e. The van der Waals surface area contributed by atoms with Crippen LogP contribution in [0.3, 0.4) is 0 Å². The van der Waals surface area contributed by atoms with Crippen LogP contribution in [0.1, 0.15) is 60.4 Å². The molecule has 4 aromatic rings. The first-order valence-corrected chi connectivity index (χ1v) is 13.9. The number of halogens is 3. The molecule has 0 aliphatic carbocycles. The van der Waals surface area contributed by atoms with E-state index in [2.05, 4.69) is 6.92 Å². The highest BCUT2D eigenvalue weighted by atomic mass is 19.4. The zero-order valence-corrected chi connectivity index (χ0v) is 23.9. The minimum atomic E-state index is -4.87. The molecular weight excluding hydrogens is 541 g/mol. The van der Waals surface area contributed by atoms with Crippen molar-refractivity contribution in [2.24, 2.45) is 0 Å². The second-order valence-corrected chi connectivity index (χ2v) is 10.3. The molecule has 5 nitrogen and oxygen atoms in total. The van der Waals surface area contributed by atoms with Gasteiger partial charge < -0.3 is 14.0 Å². The quantitative estimate of drug-likeness (QED) is 0.168. The average molecular weight is 575 g/mol. The molecule has 0 N–H and O–H groups in total. The summed E-state index contributed by atoms with van der Waals surface area (Å²) in [6.45, 7) is 6.64. The van der Waals surface area contributed by atoms with Crippen molar-refractivity contribution in [3.8, 4) is 34.6 Å². The van der Waals surface area contributed by atoms with E-state index in [4.69, 9.17) is 9.47 Å². The topological polar surface area (TPSA) is 64.2 Å². The second-order valence-electron chi connectivity index (χ2n) is 10.3. The van der Waals surface area contributed by atoms with Gasteiger partial charge in [-0.05, 0) is 91.6 Å². The number of unbranched alkanes of at least 4 members (excludes halogenated alkanes) is 3. The Labute approximate surface area is 243 Å². The third-order valence-electron chi connectivity index (χ3n) is 7.02. The smallest absolute Gasteiger partial charge is 0.417 e. The number of nitriles is 1. The lowest BCUT2D eigenvalue weighted by Crippen LogP contribution is -2.29. The second kappa shape index (κ2) is 13.4. The number of pyridine rings is 1. The predicted molar refractivity (Wildman–Crippen MR) is 157 cm³/mol. The Kier molecular flexibility index (Phi) is 9.74. The number of hydrogen-bond donors (Lipinski definition) is 0. The number of rotatable bonds is 11. The predicted octanol–water partition coefficient (Wildman–Crippen LogP) is 8.82. The summed E-state index contributed by atoms with van der Waals surface area (Å²) >= 11 is 0. The van der Waals surface area contributed by atoms with E-state index in [1.54, 1.807) is 36.4 Å². The molecule has 0 aliphatic heterocycles. The third-order valence-corrected chi connectivity index (χ3v) is 7.02. The summed E-state index contributed by atoms with van der Waals surface area (Å²) in [5, 5.41) is 9.49. The van der Waals surface area contributed by atoms with Crippen molar-refractivity contribution < 1.29 is 22.6 Å². The van der Waals surface area contributed by atoms with Crippen molar-refractivity contribution in [1.29, 1.82) is 5.26 Å². The molecule has 0 unspecified atom stereocenters. The number of aryl methyl sites for hydroxylation is 2. The van der Waals surface area contributed by atoms with Crippen LogP contribution in [0.5, 0.6) is 17.2 Å². The van der Waals surface area contributed by atoms with E-state index in [1.165, 1.54) is 23.5 Å². The highest BCUT2D eigenvalue weighted by Crippen LogP contribution is 2.35. The molecule has 0 fully saturated rings. The summed E-state index contributed by atoms with van der Waals surface area (Å²) in [5.74, 6) is 1.79. The lowest BCUT2D eigenvalue weighted by molar-refractivity contribution is -0.137. The molecule has 4 rings (SSSR count). The number of ether oxygens (including phenoxy) is 2. The molecule has 0 amide bonds. The molecule has 8 heteroatoms. The van der Waals surface area contributed by atoms with E-state index in [9.17, 15) is 23.2 Å². The SMILES string of the molecule is CCCCCCOc1ccc(Oc2ccc(-c3cc(C(F)(F)F)c(C#N)c(=O)n3Cc3ccc(C)cc3C)cc2)cc1. The summed E-state index contributed by atoms with van der Waals surface area (Å²) < 4.78 is 54.6. The molecule has 0 aliphatic rings. The van der Waals surface area contributed by atoms with Gasteiger partial charge in [0.2, 0.25) is 0 Å². The Morgan fingerprint density at radius 2 is 1.50 bits per heavy atom. The lowest BCUT2D eigenvalue weighted by Gasteiger charge is -2.19. The summed E-state index contributed by atoms with van der Waals surface area (Å²) in [5.41, 5.74) is -0.0585. The fraction of sp³-hybridized carbons (Fsp3) is 0.294. The molecule has 0 saturated carbocycles. The number of hydrogen-bond acceptors (Lipinski definition) is 4. The Morgan fingerprint density at radius 1 is 0.857 bits per heavy atom. The van der Waals surface area contributed by atoms with E-state index >= 15 is 0 Å². The number of alkyl halides is 3. The van der Waals surface area contributed by atoms with Crippen LogP contribution in [0.15, 0.2) is 77.6 Å². The van der Waals surface area contributed by atoms with E-state index in [0.717, 1.165) is 41.3 Å². The van der Waals surface area contributed by atoms with Gasteiger partial charge in [0, 0.05) is 0 Å². The fourth-order valence-corrected chi connectivity index (χ4v) is 4.72. The van der Waals surface area contributed by atoms with Crippen molar-refractivity contribution in [2.45, 2.75) is 59.2 Å². The van der Waals surface area contributed by atoms with Gasteiger partial charge >= 0.3 is 6.18 Å². The minimum absolute atomic E-state index is 0.0123. The Bertz CT molecular complexity index is 1620. The maximum absolute atomic E-state index is 13.9. The van der Waals surface area contributed by atoms with Gasteiger partial charge in [-0.15, -0.1) is 0 Å². The Balaban J connectivity index is 1.62. The molecule has 1 heterocycles. The van der Waals surface area contributed by atoms with Gasteiger partial charge in [0.25, 0.3) is 5.56 Å². The Hall–Kier alpha value is -4.51. The van der Waals surface area contributed by atoms with Crippen molar-refractivity contribution in [3.05, 3.63) is 111 Å². The normalized spacial score (nSPS) is 11.3. The van der Waals surface area contributed by atoms with Crippen LogP contribution in [-0.4, -0.2) is 11.2 Å². The third kappa shape index (κ3) is 7.41. The number of nitrogens with zero attached hydrogens (tertiary/aromatic N) is 2. The van der Waals surface area contributed by atoms with Crippen LogP contribution < -0.4 is 15.0 Å². The molecule has 1 aromatic heterocycles. The first-order chi connectivity index (χ1) is 20.1. The first kappa shape index (κ1) is 30.4. The van der Waals surface area contributed by atoms with Crippen LogP contribution >= 0.6 is 0 Å². The van der Waals surface area contributed by atoms with Gasteiger partial charge in [-0.3, -0.25) is 4.79 Å². The van der Waals surface area contributed by atoms with Crippen molar-refractivity contribution >= 4 is 0 Å². The standard InChI is InChI=1S/C34H33F3N2O3/c1-4-5-6-7-18-41-27-14-16-29(17-15-27)42-28-12-10-25(11-13-28)32-20-31(34(35,36)37)30(21-38)33(40)39(32)22-26-9-8-23(2)19-24(26)3/h8-17,19-20H,4-7,18,22H2,1-3H3. The molecule has 0 spiro atoms. The summed E-state index contributed by atoms with van der Waals surface area (Å²) in [7, 11) is 0. The molecule has 218 valence electrons. The zero-order valence-electron chi connectivity index (χ0n) is 23.9. The highest BCUT2D eigenvalue weighted by molar-refractivity contribution is 5.64. The van der Waals surface area contributed by atoms with Gasteiger partial charge in [-0.2, -0.15) is 18.4 Å².